The maximum absolute atomic E-state index is 11.9. The van der Waals surface area contributed by atoms with Gasteiger partial charge in [0.15, 0.2) is 0 Å². The Morgan fingerprint density at radius 3 is 2.86 bits per heavy atom. The number of hydrogen-bond donors (Lipinski definition) is 1. The quantitative estimate of drug-likeness (QED) is 0.804. The first-order valence-corrected chi connectivity index (χ1v) is 8.49. The summed E-state index contributed by atoms with van der Waals surface area (Å²) >= 11 is 5.12. The van der Waals surface area contributed by atoms with E-state index in [1.54, 1.807) is 18.4 Å². The highest BCUT2D eigenvalue weighted by atomic mass is 79.9. The molecular weight excluding hydrogens is 350 g/mol. The van der Waals surface area contributed by atoms with Crippen LogP contribution in [0.25, 0.3) is 0 Å². The highest BCUT2D eigenvalue weighted by molar-refractivity contribution is 9.10. The summed E-state index contributed by atoms with van der Waals surface area (Å²) < 4.78 is 6.46. The molecule has 0 fully saturated rings. The van der Waals surface area contributed by atoms with Gasteiger partial charge in [0.25, 0.3) is 0 Å². The lowest BCUT2D eigenvalue weighted by Crippen LogP contribution is -2.29. The molecule has 5 heteroatoms. The van der Waals surface area contributed by atoms with E-state index < -0.39 is 0 Å². The van der Waals surface area contributed by atoms with Crippen molar-refractivity contribution in [3.63, 3.8) is 0 Å². The van der Waals surface area contributed by atoms with Crippen molar-refractivity contribution in [2.24, 2.45) is 0 Å². The highest BCUT2D eigenvalue weighted by Gasteiger charge is 2.12. The number of aryl methyl sites for hydroxylation is 1. The second kappa shape index (κ2) is 8.32. The maximum Gasteiger partial charge on any atom is 0.220 e. The molecule has 1 heterocycles. The number of halogens is 1. The summed E-state index contributed by atoms with van der Waals surface area (Å²) in [5.41, 5.74) is 2.25. The number of nitrogens with one attached hydrogen (secondary N) is 1. The zero-order chi connectivity index (χ0) is 15.1. The van der Waals surface area contributed by atoms with Gasteiger partial charge in [0.2, 0.25) is 5.91 Å². The third-order valence-electron chi connectivity index (χ3n) is 3.26. The van der Waals surface area contributed by atoms with Crippen molar-refractivity contribution < 1.29 is 9.53 Å². The highest BCUT2D eigenvalue weighted by Crippen LogP contribution is 2.19. The van der Waals surface area contributed by atoms with Gasteiger partial charge in [-0.2, -0.15) is 11.3 Å². The van der Waals surface area contributed by atoms with Crippen LogP contribution in [0.15, 0.2) is 45.6 Å². The van der Waals surface area contributed by atoms with E-state index in [4.69, 9.17) is 4.74 Å². The number of benzene rings is 1. The summed E-state index contributed by atoms with van der Waals surface area (Å²) in [6.07, 6.45) is 1.12. The molecule has 0 spiro atoms. The van der Waals surface area contributed by atoms with Gasteiger partial charge in [0.05, 0.1) is 0 Å². The Hall–Kier alpha value is -1.17. The van der Waals surface area contributed by atoms with Crippen molar-refractivity contribution in [1.82, 2.24) is 5.32 Å². The van der Waals surface area contributed by atoms with Crippen molar-refractivity contribution in [3.8, 4) is 0 Å². The average molecular weight is 368 g/mol. The normalized spacial score (nSPS) is 12.1. The molecule has 0 aliphatic heterocycles. The fraction of sp³-hybridized carbons (Fsp3) is 0.312. The number of methoxy groups -OCH3 is 1. The number of rotatable bonds is 7. The Morgan fingerprint density at radius 2 is 2.19 bits per heavy atom. The minimum Gasteiger partial charge on any atom is -0.375 e. The Labute approximate surface area is 137 Å². The molecule has 0 aliphatic rings. The van der Waals surface area contributed by atoms with Gasteiger partial charge in [-0.3, -0.25) is 4.79 Å². The monoisotopic (exact) mass is 367 g/mol. The Balaban J connectivity index is 1.78. The van der Waals surface area contributed by atoms with Crippen LogP contribution in [0.5, 0.6) is 0 Å². The van der Waals surface area contributed by atoms with E-state index in [2.05, 4.69) is 21.2 Å². The van der Waals surface area contributed by atoms with Gasteiger partial charge in [0.1, 0.15) is 6.10 Å². The molecule has 1 aromatic carbocycles. The molecule has 0 saturated carbocycles. The fourth-order valence-corrected chi connectivity index (χ4v) is 3.22. The first kappa shape index (κ1) is 16.2. The van der Waals surface area contributed by atoms with E-state index in [0.29, 0.717) is 13.0 Å². The summed E-state index contributed by atoms with van der Waals surface area (Å²) in [4.78, 5) is 11.9. The van der Waals surface area contributed by atoms with Crippen LogP contribution >= 0.6 is 27.3 Å². The molecule has 0 unspecified atom stereocenters. The van der Waals surface area contributed by atoms with E-state index in [1.165, 1.54) is 0 Å². The van der Waals surface area contributed by atoms with Gasteiger partial charge in [-0.15, -0.1) is 0 Å². The minimum absolute atomic E-state index is 0.0445. The predicted molar refractivity (Wildman–Crippen MR) is 89.5 cm³/mol. The predicted octanol–water partition coefficient (Wildman–Crippen LogP) is 3.95. The van der Waals surface area contributed by atoms with Crippen LogP contribution < -0.4 is 5.32 Å². The van der Waals surface area contributed by atoms with E-state index in [0.717, 1.165) is 22.0 Å². The third kappa shape index (κ3) is 4.95. The first-order chi connectivity index (χ1) is 10.2. The average Bonchev–Trinajstić information content (AvgIpc) is 3.01. The molecule has 0 saturated heterocycles. The lowest BCUT2D eigenvalue weighted by atomic mass is 10.1. The van der Waals surface area contributed by atoms with Gasteiger partial charge >= 0.3 is 0 Å². The molecular formula is C16H18BrNO2S. The zero-order valence-electron chi connectivity index (χ0n) is 11.8. The number of carbonyl (C=O) groups excluding carboxylic acids is 1. The second-order valence-electron chi connectivity index (χ2n) is 4.68. The van der Waals surface area contributed by atoms with Crippen LogP contribution in [0.2, 0.25) is 0 Å². The Bertz CT molecular complexity index is 571. The number of ether oxygens (including phenoxy) is 1. The molecule has 2 rings (SSSR count). The lowest BCUT2D eigenvalue weighted by molar-refractivity contribution is -0.121. The molecule has 0 bridgehead atoms. The van der Waals surface area contributed by atoms with Crippen LogP contribution in [-0.2, 0) is 16.0 Å². The minimum atomic E-state index is -0.0799. The van der Waals surface area contributed by atoms with Crippen molar-refractivity contribution >= 4 is 33.2 Å². The number of hydrogen-bond acceptors (Lipinski definition) is 3. The largest absolute Gasteiger partial charge is 0.375 e. The van der Waals surface area contributed by atoms with Crippen LogP contribution in [0.3, 0.4) is 0 Å². The SMILES string of the molecule is CO[C@@H](CNC(=O)CCc1ccccc1Br)c1ccsc1. The molecule has 112 valence electrons. The summed E-state index contributed by atoms with van der Waals surface area (Å²) in [5, 5.41) is 6.99. The number of carbonyl (C=O) groups is 1. The van der Waals surface area contributed by atoms with Crippen molar-refractivity contribution in [2.45, 2.75) is 18.9 Å². The first-order valence-electron chi connectivity index (χ1n) is 6.75. The summed E-state index contributed by atoms with van der Waals surface area (Å²) in [6, 6.07) is 9.99. The summed E-state index contributed by atoms with van der Waals surface area (Å²) in [7, 11) is 1.66. The van der Waals surface area contributed by atoms with Crippen LogP contribution in [0.1, 0.15) is 23.7 Å². The van der Waals surface area contributed by atoms with Gasteiger partial charge in [0, 0.05) is 24.5 Å². The topological polar surface area (TPSA) is 38.3 Å². The van der Waals surface area contributed by atoms with E-state index in [-0.39, 0.29) is 12.0 Å². The summed E-state index contributed by atoms with van der Waals surface area (Å²) in [6.45, 7) is 0.502. The molecule has 1 atom stereocenters. The van der Waals surface area contributed by atoms with E-state index in [9.17, 15) is 4.79 Å². The standard InChI is InChI=1S/C16H18BrNO2S/c1-20-15(13-8-9-21-11-13)10-18-16(19)7-6-12-4-2-3-5-14(12)17/h2-5,8-9,11,15H,6-7,10H2,1H3,(H,18,19)/t15-/m0/s1. The third-order valence-corrected chi connectivity index (χ3v) is 4.74. The lowest BCUT2D eigenvalue weighted by Gasteiger charge is -2.15. The molecule has 3 nitrogen and oxygen atoms in total. The van der Waals surface area contributed by atoms with Gasteiger partial charge in [-0.05, 0) is 40.4 Å². The molecule has 0 radical (unpaired) electrons. The van der Waals surface area contributed by atoms with Crippen molar-refractivity contribution in [3.05, 3.63) is 56.7 Å². The molecule has 2 aromatic rings. The van der Waals surface area contributed by atoms with Crippen LogP contribution in [0, 0.1) is 0 Å². The molecule has 0 aliphatic carbocycles. The van der Waals surface area contributed by atoms with Gasteiger partial charge in [-0.25, -0.2) is 0 Å². The zero-order valence-corrected chi connectivity index (χ0v) is 14.2. The molecule has 1 amide bonds. The Morgan fingerprint density at radius 1 is 1.38 bits per heavy atom. The van der Waals surface area contributed by atoms with Crippen molar-refractivity contribution in [2.75, 3.05) is 13.7 Å². The Kier molecular flexibility index (Phi) is 6.42. The smallest absolute Gasteiger partial charge is 0.220 e. The van der Waals surface area contributed by atoms with E-state index in [1.807, 2.05) is 41.1 Å². The molecule has 21 heavy (non-hydrogen) atoms. The maximum atomic E-state index is 11.9. The van der Waals surface area contributed by atoms with Gasteiger partial charge < -0.3 is 10.1 Å². The summed E-state index contributed by atoms with van der Waals surface area (Å²) in [5.74, 6) is 0.0445. The van der Waals surface area contributed by atoms with E-state index >= 15 is 0 Å². The number of amides is 1. The van der Waals surface area contributed by atoms with Crippen molar-refractivity contribution in [1.29, 1.82) is 0 Å². The van der Waals surface area contributed by atoms with Crippen LogP contribution in [0.4, 0.5) is 0 Å². The second-order valence-corrected chi connectivity index (χ2v) is 6.31. The van der Waals surface area contributed by atoms with Gasteiger partial charge in [-0.1, -0.05) is 34.1 Å². The fourth-order valence-electron chi connectivity index (χ4n) is 2.04. The molecule has 1 aromatic heterocycles. The van der Waals surface area contributed by atoms with Crippen LogP contribution in [-0.4, -0.2) is 19.6 Å². The molecule has 1 N–H and O–H groups in total. The number of thiophene rings is 1.